The molecule has 152 valence electrons. The largest absolute Gasteiger partial charge is 0.389 e. The fraction of sp³-hybridized carbons (Fsp3) is 0.333. The van der Waals surface area contributed by atoms with Gasteiger partial charge in [0.15, 0.2) is 11.5 Å². The summed E-state index contributed by atoms with van der Waals surface area (Å²) in [7, 11) is 1.49. The summed E-state index contributed by atoms with van der Waals surface area (Å²) in [6, 6.07) is 7.50. The Morgan fingerprint density at radius 1 is 1.24 bits per heavy atom. The maximum atomic E-state index is 12.0. The quantitative estimate of drug-likeness (QED) is 0.471. The van der Waals surface area contributed by atoms with E-state index in [-0.39, 0.29) is 5.91 Å². The zero-order chi connectivity index (χ0) is 20.5. The van der Waals surface area contributed by atoms with Crippen molar-refractivity contribution in [3.05, 3.63) is 47.5 Å². The van der Waals surface area contributed by atoms with Crippen LogP contribution in [0.15, 0.2) is 36.9 Å². The summed E-state index contributed by atoms with van der Waals surface area (Å²) in [5, 5.41) is 25.7. The molecule has 0 saturated carbocycles. The molecule has 1 aromatic carbocycles. The smallest absolute Gasteiger partial charge is 0.235 e. The molecule has 3 heterocycles. The maximum absolute atomic E-state index is 12.0. The van der Waals surface area contributed by atoms with Crippen molar-refractivity contribution in [2.75, 3.05) is 12.4 Å². The van der Waals surface area contributed by atoms with Gasteiger partial charge in [-0.3, -0.25) is 9.36 Å². The number of amides is 1. The molecular weight excluding hydrogens is 416 g/mol. The Morgan fingerprint density at radius 2 is 2.03 bits per heavy atom. The first kappa shape index (κ1) is 19.9. The molecule has 0 aliphatic carbocycles. The fourth-order valence-electron chi connectivity index (χ4n) is 3.24. The zero-order valence-electron chi connectivity index (χ0n) is 15.4. The van der Waals surface area contributed by atoms with Crippen LogP contribution in [0.4, 0.5) is 5.82 Å². The summed E-state index contributed by atoms with van der Waals surface area (Å²) in [5.41, 5.74) is 1.92. The minimum Gasteiger partial charge on any atom is -0.389 e. The first-order chi connectivity index (χ1) is 14.0. The molecule has 2 aromatic heterocycles. The van der Waals surface area contributed by atoms with Crippen molar-refractivity contribution < 1.29 is 15.0 Å². The Hall–Kier alpha value is -2.40. The Kier molecular flexibility index (Phi) is 5.59. The minimum atomic E-state index is -1.19. The van der Waals surface area contributed by atoms with Crippen LogP contribution in [0, 0.1) is 0 Å². The first-order valence-electron chi connectivity index (χ1n) is 8.89. The van der Waals surface area contributed by atoms with Gasteiger partial charge in [0, 0.05) is 18.6 Å². The van der Waals surface area contributed by atoms with E-state index in [1.165, 1.54) is 19.7 Å². The summed E-state index contributed by atoms with van der Waals surface area (Å²) in [6.45, 7) is 0.455. The SMILES string of the molecule is CNC(=O)[C@H]1S[C@@H](n2cnc3c(NCc4ccccc4Cl)ncnc32)C(O)C1O. The molecule has 0 bridgehead atoms. The van der Waals surface area contributed by atoms with E-state index < -0.39 is 22.8 Å². The maximum Gasteiger partial charge on any atom is 0.235 e. The van der Waals surface area contributed by atoms with E-state index in [1.807, 2.05) is 24.3 Å². The van der Waals surface area contributed by atoms with Crippen molar-refractivity contribution >= 4 is 46.3 Å². The highest BCUT2D eigenvalue weighted by Gasteiger charge is 2.47. The summed E-state index contributed by atoms with van der Waals surface area (Å²) < 4.78 is 1.65. The van der Waals surface area contributed by atoms with Gasteiger partial charge in [0.25, 0.3) is 0 Å². The van der Waals surface area contributed by atoms with Gasteiger partial charge in [-0.05, 0) is 11.6 Å². The standard InChI is InChI=1S/C18H19ClN6O3S/c1-20-17(28)14-12(26)13(27)18(29-14)25-8-24-11-15(22-7-23-16(11)25)21-6-9-4-2-3-5-10(9)19/h2-5,7-8,12-14,18,26-27H,6H2,1H3,(H,20,28)(H,21,22,23)/t12?,13?,14-,18+/m0/s1. The molecule has 0 spiro atoms. The van der Waals surface area contributed by atoms with Crippen LogP contribution in [0.5, 0.6) is 0 Å². The minimum absolute atomic E-state index is 0.342. The average molecular weight is 435 g/mol. The van der Waals surface area contributed by atoms with Crippen LogP contribution in [-0.2, 0) is 11.3 Å². The number of imidazole rings is 1. The van der Waals surface area contributed by atoms with Gasteiger partial charge in [-0.2, -0.15) is 0 Å². The normalized spacial score (nSPS) is 24.0. The van der Waals surface area contributed by atoms with E-state index in [9.17, 15) is 15.0 Å². The summed E-state index contributed by atoms with van der Waals surface area (Å²) in [6.07, 6.45) is 0.588. The van der Waals surface area contributed by atoms with Crippen LogP contribution in [0.3, 0.4) is 0 Å². The van der Waals surface area contributed by atoms with Crippen LogP contribution >= 0.6 is 23.4 Å². The Bertz CT molecular complexity index is 1050. The highest BCUT2D eigenvalue weighted by atomic mass is 35.5. The molecule has 1 amide bonds. The number of aromatic nitrogens is 4. The Labute approximate surface area is 175 Å². The van der Waals surface area contributed by atoms with E-state index in [0.29, 0.717) is 28.5 Å². The van der Waals surface area contributed by atoms with Crippen molar-refractivity contribution in [3.8, 4) is 0 Å². The molecule has 1 fully saturated rings. The molecule has 29 heavy (non-hydrogen) atoms. The third-order valence-electron chi connectivity index (χ3n) is 4.78. The number of aliphatic hydroxyl groups excluding tert-OH is 2. The summed E-state index contributed by atoms with van der Waals surface area (Å²) in [5.74, 6) is 0.180. The highest BCUT2D eigenvalue weighted by Crippen LogP contribution is 2.43. The van der Waals surface area contributed by atoms with E-state index >= 15 is 0 Å². The van der Waals surface area contributed by atoms with E-state index in [1.54, 1.807) is 4.57 Å². The van der Waals surface area contributed by atoms with Crippen LogP contribution in [0.2, 0.25) is 5.02 Å². The van der Waals surface area contributed by atoms with Gasteiger partial charge < -0.3 is 20.8 Å². The Balaban J connectivity index is 1.61. The zero-order valence-corrected chi connectivity index (χ0v) is 16.9. The number of anilines is 1. The molecule has 4 rings (SSSR count). The number of rotatable bonds is 5. The summed E-state index contributed by atoms with van der Waals surface area (Å²) in [4.78, 5) is 24.9. The molecule has 4 N–H and O–H groups in total. The number of aliphatic hydroxyl groups is 2. The van der Waals surface area contributed by atoms with Crippen molar-refractivity contribution in [2.24, 2.45) is 0 Å². The molecule has 2 unspecified atom stereocenters. The number of fused-ring (bicyclic) bond motifs is 1. The van der Waals surface area contributed by atoms with Gasteiger partial charge in [0.1, 0.15) is 34.7 Å². The number of nitrogens with zero attached hydrogens (tertiary/aromatic N) is 4. The lowest BCUT2D eigenvalue weighted by Crippen LogP contribution is -2.39. The number of hydrogen-bond acceptors (Lipinski definition) is 8. The van der Waals surface area contributed by atoms with E-state index in [0.717, 1.165) is 17.3 Å². The van der Waals surface area contributed by atoms with Gasteiger partial charge in [-0.1, -0.05) is 29.8 Å². The van der Waals surface area contributed by atoms with Crippen molar-refractivity contribution in [3.63, 3.8) is 0 Å². The number of nitrogens with one attached hydrogen (secondary N) is 2. The lowest BCUT2D eigenvalue weighted by molar-refractivity contribution is -0.122. The molecule has 4 atom stereocenters. The van der Waals surface area contributed by atoms with E-state index in [2.05, 4.69) is 25.6 Å². The molecule has 1 saturated heterocycles. The number of benzene rings is 1. The van der Waals surface area contributed by atoms with Crippen LogP contribution in [0.1, 0.15) is 10.9 Å². The van der Waals surface area contributed by atoms with Gasteiger partial charge in [-0.25, -0.2) is 15.0 Å². The van der Waals surface area contributed by atoms with Gasteiger partial charge in [0.2, 0.25) is 5.91 Å². The number of carbonyl (C=O) groups is 1. The van der Waals surface area contributed by atoms with Crippen molar-refractivity contribution in [1.82, 2.24) is 24.8 Å². The molecule has 1 aliphatic rings. The van der Waals surface area contributed by atoms with Crippen molar-refractivity contribution in [1.29, 1.82) is 0 Å². The lowest BCUT2D eigenvalue weighted by Gasteiger charge is -2.17. The molecule has 9 nitrogen and oxygen atoms in total. The molecular formula is C18H19ClN6O3S. The number of halogens is 1. The molecule has 3 aromatic rings. The first-order valence-corrected chi connectivity index (χ1v) is 10.2. The second-order valence-electron chi connectivity index (χ2n) is 6.53. The molecule has 11 heteroatoms. The molecule has 1 aliphatic heterocycles. The topological polar surface area (TPSA) is 125 Å². The number of thioether (sulfide) groups is 1. The highest BCUT2D eigenvalue weighted by molar-refractivity contribution is 8.01. The van der Waals surface area contributed by atoms with Gasteiger partial charge >= 0.3 is 0 Å². The molecule has 0 radical (unpaired) electrons. The van der Waals surface area contributed by atoms with Gasteiger partial charge in [-0.15, -0.1) is 11.8 Å². The lowest BCUT2D eigenvalue weighted by atomic mass is 10.1. The van der Waals surface area contributed by atoms with Crippen LogP contribution < -0.4 is 10.6 Å². The second kappa shape index (κ2) is 8.15. The average Bonchev–Trinajstić information content (AvgIpc) is 3.28. The number of hydrogen-bond donors (Lipinski definition) is 4. The Morgan fingerprint density at radius 3 is 2.79 bits per heavy atom. The predicted molar refractivity (Wildman–Crippen MR) is 111 cm³/mol. The van der Waals surface area contributed by atoms with Crippen molar-refractivity contribution in [2.45, 2.75) is 29.4 Å². The van der Waals surface area contributed by atoms with E-state index in [4.69, 9.17) is 11.6 Å². The summed E-state index contributed by atoms with van der Waals surface area (Å²) >= 11 is 7.36. The predicted octanol–water partition coefficient (Wildman–Crippen LogP) is 1.17. The monoisotopic (exact) mass is 434 g/mol. The van der Waals surface area contributed by atoms with Crippen LogP contribution in [-0.4, -0.2) is 60.1 Å². The number of carbonyl (C=O) groups excluding carboxylic acids is 1. The van der Waals surface area contributed by atoms with Gasteiger partial charge in [0.05, 0.1) is 6.33 Å². The second-order valence-corrected chi connectivity index (χ2v) is 8.20. The van der Waals surface area contributed by atoms with Crippen LogP contribution in [0.25, 0.3) is 11.2 Å². The third kappa shape index (κ3) is 3.64. The fourth-order valence-corrected chi connectivity index (χ4v) is 4.91. The third-order valence-corrected chi connectivity index (χ3v) is 6.72.